The second kappa shape index (κ2) is 6.71. The van der Waals surface area contributed by atoms with E-state index in [9.17, 15) is 4.79 Å². The maximum atomic E-state index is 11.7. The molecule has 1 atom stereocenters. The molecule has 96 valence electrons. The molecule has 5 heteroatoms. The third-order valence-electron chi connectivity index (χ3n) is 2.43. The molecule has 1 aromatic heterocycles. The average Bonchev–Trinajstić information content (AvgIpc) is 2.72. The van der Waals surface area contributed by atoms with Crippen LogP contribution in [-0.4, -0.2) is 16.9 Å². The Morgan fingerprint density at radius 2 is 2.29 bits per heavy atom. The molecule has 0 saturated carbocycles. The monoisotopic (exact) mass is 255 g/mol. The van der Waals surface area contributed by atoms with Crippen LogP contribution in [0.4, 0.5) is 0 Å². The number of aryl methyl sites for hydroxylation is 1. The summed E-state index contributed by atoms with van der Waals surface area (Å²) in [5, 5.41) is 3.76. The third-order valence-corrected chi connectivity index (χ3v) is 3.57. The standard InChI is InChI=1S/C12H21N3OS/c1-4-9-6-14-11(17-9)7-15-12(16)10(13)5-8(2)3/h6,8,10H,4-5,7,13H2,1-3H3,(H,15,16)/t10-/m1/s1. The van der Waals surface area contributed by atoms with Crippen molar-refractivity contribution in [3.05, 3.63) is 16.1 Å². The highest BCUT2D eigenvalue weighted by molar-refractivity contribution is 7.11. The molecular formula is C12H21N3OS. The molecule has 0 radical (unpaired) electrons. The van der Waals surface area contributed by atoms with Gasteiger partial charge >= 0.3 is 0 Å². The lowest BCUT2D eigenvalue weighted by Gasteiger charge is -2.13. The first-order chi connectivity index (χ1) is 8.02. The zero-order chi connectivity index (χ0) is 12.8. The van der Waals surface area contributed by atoms with E-state index in [1.54, 1.807) is 11.3 Å². The number of nitrogens with one attached hydrogen (secondary N) is 1. The van der Waals surface area contributed by atoms with Crippen molar-refractivity contribution >= 4 is 17.2 Å². The first kappa shape index (κ1) is 14.1. The number of nitrogens with two attached hydrogens (primary N) is 1. The quantitative estimate of drug-likeness (QED) is 0.813. The SMILES string of the molecule is CCc1cnc(CNC(=O)[C@H](N)CC(C)C)s1. The van der Waals surface area contributed by atoms with E-state index in [2.05, 4.69) is 31.1 Å². The number of amides is 1. The van der Waals surface area contributed by atoms with Crippen molar-refractivity contribution in [2.45, 2.75) is 46.2 Å². The van der Waals surface area contributed by atoms with Crippen LogP contribution in [0, 0.1) is 5.92 Å². The normalized spacial score (nSPS) is 12.8. The van der Waals surface area contributed by atoms with E-state index < -0.39 is 6.04 Å². The van der Waals surface area contributed by atoms with Crippen LogP contribution in [0.5, 0.6) is 0 Å². The Bertz CT molecular complexity index is 362. The second-order valence-corrected chi connectivity index (χ2v) is 5.73. The Morgan fingerprint density at radius 1 is 1.59 bits per heavy atom. The second-order valence-electron chi connectivity index (χ2n) is 4.53. The van der Waals surface area contributed by atoms with Gasteiger partial charge in [-0.3, -0.25) is 4.79 Å². The first-order valence-electron chi connectivity index (χ1n) is 5.99. The fraction of sp³-hybridized carbons (Fsp3) is 0.667. The molecule has 4 nitrogen and oxygen atoms in total. The van der Waals surface area contributed by atoms with E-state index in [1.165, 1.54) is 4.88 Å². The molecule has 1 rings (SSSR count). The minimum atomic E-state index is -0.416. The van der Waals surface area contributed by atoms with Gasteiger partial charge in [0.05, 0.1) is 12.6 Å². The number of hydrogen-bond donors (Lipinski definition) is 2. The Kier molecular flexibility index (Phi) is 5.58. The van der Waals surface area contributed by atoms with Crippen LogP contribution in [0.2, 0.25) is 0 Å². The van der Waals surface area contributed by atoms with E-state index in [4.69, 9.17) is 5.73 Å². The van der Waals surface area contributed by atoms with Crippen molar-refractivity contribution < 1.29 is 4.79 Å². The van der Waals surface area contributed by atoms with Crippen LogP contribution in [-0.2, 0) is 17.8 Å². The zero-order valence-electron chi connectivity index (χ0n) is 10.7. The molecule has 0 unspecified atom stereocenters. The Labute approximate surface area is 107 Å². The number of thiazole rings is 1. The van der Waals surface area contributed by atoms with Gasteiger partial charge in [0.25, 0.3) is 0 Å². The van der Waals surface area contributed by atoms with Crippen molar-refractivity contribution in [3.8, 4) is 0 Å². The van der Waals surface area contributed by atoms with Gasteiger partial charge in [-0.1, -0.05) is 20.8 Å². The number of nitrogens with zero attached hydrogens (tertiary/aromatic N) is 1. The summed E-state index contributed by atoms with van der Waals surface area (Å²) in [6, 6.07) is -0.416. The summed E-state index contributed by atoms with van der Waals surface area (Å²) in [7, 11) is 0. The molecule has 0 aliphatic rings. The molecule has 1 heterocycles. The number of hydrogen-bond acceptors (Lipinski definition) is 4. The predicted molar refractivity (Wildman–Crippen MR) is 70.8 cm³/mol. The summed E-state index contributed by atoms with van der Waals surface area (Å²) in [6.45, 7) is 6.69. The summed E-state index contributed by atoms with van der Waals surface area (Å²) in [6.07, 6.45) is 3.56. The average molecular weight is 255 g/mol. The van der Waals surface area contributed by atoms with E-state index in [0.29, 0.717) is 18.9 Å². The Hall–Kier alpha value is -0.940. The van der Waals surface area contributed by atoms with Crippen LogP contribution < -0.4 is 11.1 Å². The maximum absolute atomic E-state index is 11.7. The molecule has 3 N–H and O–H groups in total. The van der Waals surface area contributed by atoms with E-state index in [-0.39, 0.29) is 5.91 Å². The highest BCUT2D eigenvalue weighted by Gasteiger charge is 2.14. The molecule has 1 aromatic rings. The highest BCUT2D eigenvalue weighted by atomic mass is 32.1. The first-order valence-corrected chi connectivity index (χ1v) is 6.81. The van der Waals surface area contributed by atoms with Crippen molar-refractivity contribution in [2.75, 3.05) is 0 Å². The zero-order valence-corrected chi connectivity index (χ0v) is 11.5. The molecule has 0 aromatic carbocycles. The minimum Gasteiger partial charge on any atom is -0.348 e. The lowest BCUT2D eigenvalue weighted by molar-refractivity contribution is -0.122. The van der Waals surface area contributed by atoms with Crippen LogP contribution in [0.15, 0.2) is 6.20 Å². The van der Waals surface area contributed by atoms with Crippen LogP contribution in [0.1, 0.15) is 37.1 Å². The molecule has 0 spiro atoms. The molecule has 0 saturated heterocycles. The molecule has 1 amide bonds. The maximum Gasteiger partial charge on any atom is 0.237 e. The summed E-state index contributed by atoms with van der Waals surface area (Å²) in [5.41, 5.74) is 5.78. The summed E-state index contributed by atoms with van der Waals surface area (Å²) in [4.78, 5) is 17.1. The number of rotatable bonds is 6. The molecule has 17 heavy (non-hydrogen) atoms. The number of carbonyl (C=O) groups is 1. The van der Waals surface area contributed by atoms with Crippen molar-refractivity contribution in [2.24, 2.45) is 11.7 Å². The van der Waals surface area contributed by atoms with Gasteiger partial charge in [-0.15, -0.1) is 11.3 Å². The van der Waals surface area contributed by atoms with Crippen LogP contribution in [0.3, 0.4) is 0 Å². The third kappa shape index (κ3) is 4.83. The van der Waals surface area contributed by atoms with Crippen molar-refractivity contribution in [1.82, 2.24) is 10.3 Å². The van der Waals surface area contributed by atoms with Crippen LogP contribution in [0.25, 0.3) is 0 Å². The van der Waals surface area contributed by atoms with Gasteiger partial charge < -0.3 is 11.1 Å². The van der Waals surface area contributed by atoms with Gasteiger partial charge in [0, 0.05) is 11.1 Å². The molecule has 0 aliphatic heterocycles. The molecule has 0 fully saturated rings. The predicted octanol–water partition coefficient (Wildman–Crippen LogP) is 1.70. The fourth-order valence-electron chi connectivity index (χ4n) is 1.50. The molecule has 0 bridgehead atoms. The minimum absolute atomic E-state index is 0.0908. The topological polar surface area (TPSA) is 68.0 Å². The van der Waals surface area contributed by atoms with Gasteiger partial charge in [0.1, 0.15) is 5.01 Å². The lowest BCUT2D eigenvalue weighted by Crippen LogP contribution is -2.40. The van der Waals surface area contributed by atoms with Gasteiger partial charge in [-0.2, -0.15) is 0 Å². The largest absolute Gasteiger partial charge is 0.348 e. The van der Waals surface area contributed by atoms with Gasteiger partial charge in [-0.25, -0.2) is 4.98 Å². The van der Waals surface area contributed by atoms with Gasteiger partial charge in [0.2, 0.25) is 5.91 Å². The summed E-state index contributed by atoms with van der Waals surface area (Å²) >= 11 is 1.63. The van der Waals surface area contributed by atoms with Crippen molar-refractivity contribution in [3.63, 3.8) is 0 Å². The molecular weight excluding hydrogens is 234 g/mol. The fourth-order valence-corrected chi connectivity index (χ4v) is 2.30. The Balaban J connectivity index is 2.37. The van der Waals surface area contributed by atoms with Crippen LogP contribution >= 0.6 is 11.3 Å². The van der Waals surface area contributed by atoms with E-state index in [0.717, 1.165) is 11.4 Å². The Morgan fingerprint density at radius 3 is 2.82 bits per heavy atom. The number of carbonyl (C=O) groups excluding carboxylic acids is 1. The van der Waals surface area contributed by atoms with E-state index in [1.807, 2.05) is 6.20 Å². The smallest absolute Gasteiger partial charge is 0.237 e. The summed E-state index contributed by atoms with van der Waals surface area (Å²) < 4.78 is 0. The van der Waals surface area contributed by atoms with Gasteiger partial charge in [-0.05, 0) is 18.8 Å². The van der Waals surface area contributed by atoms with E-state index >= 15 is 0 Å². The summed E-state index contributed by atoms with van der Waals surface area (Å²) in [5.74, 6) is 0.342. The lowest BCUT2D eigenvalue weighted by atomic mass is 10.0. The molecule has 0 aliphatic carbocycles. The van der Waals surface area contributed by atoms with Crippen molar-refractivity contribution in [1.29, 1.82) is 0 Å². The number of aromatic nitrogens is 1. The van der Waals surface area contributed by atoms with Gasteiger partial charge in [0.15, 0.2) is 0 Å². The highest BCUT2D eigenvalue weighted by Crippen LogP contribution is 2.13.